The molecule has 0 radical (unpaired) electrons. The molecule has 0 bridgehead atoms. The highest BCUT2D eigenvalue weighted by Gasteiger charge is 2.18. The largest absolute Gasteiger partial charge is 0.366 e. The molecule has 0 saturated carbocycles. The molecule has 4 aromatic rings. The highest BCUT2D eigenvalue weighted by atomic mass is 19.2. The maximum atomic E-state index is 14.1. The number of halogens is 4. The van der Waals surface area contributed by atoms with Crippen LogP contribution in [0.4, 0.5) is 17.6 Å². The molecule has 1 aromatic heterocycles. The number of nitrogens with zero attached hydrogens (tertiary/aromatic N) is 1. The van der Waals surface area contributed by atoms with Crippen LogP contribution in [0.1, 0.15) is 15.9 Å². The van der Waals surface area contributed by atoms with Gasteiger partial charge in [0.15, 0.2) is 11.6 Å². The van der Waals surface area contributed by atoms with Gasteiger partial charge in [0.1, 0.15) is 11.6 Å². The van der Waals surface area contributed by atoms with Crippen molar-refractivity contribution in [3.63, 3.8) is 0 Å². The number of hydrogen-bond acceptors (Lipinski definition) is 1. The van der Waals surface area contributed by atoms with Crippen LogP contribution >= 0.6 is 0 Å². The first-order valence-corrected chi connectivity index (χ1v) is 8.00. The van der Waals surface area contributed by atoms with E-state index in [2.05, 4.69) is 0 Å². The summed E-state index contributed by atoms with van der Waals surface area (Å²) in [6.45, 7) is -0.142. The van der Waals surface area contributed by atoms with E-state index in [1.807, 2.05) is 0 Å². The van der Waals surface area contributed by atoms with E-state index in [1.54, 1.807) is 16.7 Å². The van der Waals surface area contributed by atoms with Crippen molar-refractivity contribution >= 4 is 27.7 Å². The summed E-state index contributed by atoms with van der Waals surface area (Å²) in [4.78, 5) is 11.8. The summed E-state index contributed by atoms with van der Waals surface area (Å²) in [5.74, 6) is -4.56. The number of benzene rings is 3. The Kier molecular flexibility index (Phi) is 3.87. The van der Waals surface area contributed by atoms with Gasteiger partial charge in [-0.15, -0.1) is 0 Å². The first-order chi connectivity index (χ1) is 12.9. The number of nitrogens with two attached hydrogens (primary N) is 1. The van der Waals surface area contributed by atoms with Crippen molar-refractivity contribution in [3.8, 4) is 0 Å². The molecule has 0 fully saturated rings. The van der Waals surface area contributed by atoms with Crippen LogP contribution in [0.5, 0.6) is 0 Å². The van der Waals surface area contributed by atoms with Crippen LogP contribution in [-0.4, -0.2) is 10.5 Å². The van der Waals surface area contributed by atoms with Crippen LogP contribution in [-0.2, 0) is 6.54 Å². The third-order valence-electron chi connectivity index (χ3n) is 4.54. The maximum absolute atomic E-state index is 14.1. The summed E-state index contributed by atoms with van der Waals surface area (Å²) in [6, 6.07) is 9.99. The molecule has 0 aliphatic heterocycles. The predicted octanol–water partition coefficient (Wildman–Crippen LogP) is 4.50. The SMILES string of the molecule is NC(=O)c1cccc2c1c1cc(F)ccc1n2Cc1cc(F)c(F)cc1F. The number of hydrogen-bond donors (Lipinski definition) is 1. The number of aromatic nitrogens is 1. The minimum absolute atomic E-state index is 0.0819. The van der Waals surface area contributed by atoms with E-state index in [0.29, 0.717) is 27.9 Å². The predicted molar refractivity (Wildman–Crippen MR) is 93.3 cm³/mol. The van der Waals surface area contributed by atoms with Crippen molar-refractivity contribution in [2.75, 3.05) is 0 Å². The van der Waals surface area contributed by atoms with Crippen molar-refractivity contribution in [3.05, 3.63) is 82.9 Å². The lowest BCUT2D eigenvalue weighted by atomic mass is 10.1. The molecular weight excluding hydrogens is 360 g/mol. The molecule has 0 unspecified atom stereocenters. The molecule has 0 saturated heterocycles. The van der Waals surface area contributed by atoms with Gasteiger partial charge >= 0.3 is 0 Å². The monoisotopic (exact) mass is 372 g/mol. The van der Waals surface area contributed by atoms with Crippen molar-refractivity contribution in [2.45, 2.75) is 6.54 Å². The molecule has 3 aromatic carbocycles. The number of carbonyl (C=O) groups is 1. The molecule has 0 aliphatic rings. The van der Waals surface area contributed by atoms with E-state index >= 15 is 0 Å². The molecule has 0 spiro atoms. The zero-order valence-corrected chi connectivity index (χ0v) is 13.8. The van der Waals surface area contributed by atoms with Gasteiger partial charge in [-0.25, -0.2) is 17.6 Å². The summed E-state index contributed by atoms with van der Waals surface area (Å²) >= 11 is 0. The van der Waals surface area contributed by atoms with Gasteiger partial charge in [-0.2, -0.15) is 0 Å². The average molecular weight is 372 g/mol. The highest BCUT2D eigenvalue weighted by Crippen LogP contribution is 2.33. The van der Waals surface area contributed by atoms with Crippen molar-refractivity contribution < 1.29 is 22.4 Å². The highest BCUT2D eigenvalue weighted by molar-refractivity contribution is 6.17. The molecule has 1 heterocycles. The van der Waals surface area contributed by atoms with Gasteiger partial charge in [-0.3, -0.25) is 4.79 Å². The quantitative estimate of drug-likeness (QED) is 0.418. The summed E-state index contributed by atoms with van der Waals surface area (Å²) in [5.41, 5.74) is 6.54. The van der Waals surface area contributed by atoms with Crippen LogP contribution in [0.15, 0.2) is 48.5 Å². The Hall–Kier alpha value is -3.35. The zero-order chi connectivity index (χ0) is 19.3. The van der Waals surface area contributed by atoms with Crippen LogP contribution in [0, 0.1) is 23.3 Å². The van der Waals surface area contributed by atoms with Crippen LogP contribution in [0.25, 0.3) is 21.8 Å². The minimum atomic E-state index is -1.28. The van der Waals surface area contributed by atoms with E-state index in [1.165, 1.54) is 24.3 Å². The van der Waals surface area contributed by atoms with E-state index in [4.69, 9.17) is 5.73 Å². The second kappa shape index (κ2) is 6.12. The van der Waals surface area contributed by atoms with E-state index < -0.39 is 29.2 Å². The normalized spacial score (nSPS) is 11.4. The summed E-state index contributed by atoms with van der Waals surface area (Å²) < 4.78 is 56.4. The fourth-order valence-corrected chi connectivity index (χ4v) is 3.35. The van der Waals surface area contributed by atoms with E-state index in [-0.39, 0.29) is 17.7 Å². The Balaban J connectivity index is 2.04. The van der Waals surface area contributed by atoms with Gasteiger partial charge < -0.3 is 10.3 Å². The topological polar surface area (TPSA) is 48.0 Å². The lowest BCUT2D eigenvalue weighted by molar-refractivity contribution is 0.100. The fraction of sp³-hybridized carbons (Fsp3) is 0.0500. The minimum Gasteiger partial charge on any atom is -0.366 e. The molecule has 136 valence electrons. The van der Waals surface area contributed by atoms with Crippen LogP contribution < -0.4 is 5.73 Å². The Morgan fingerprint density at radius 1 is 0.889 bits per heavy atom. The Labute approximate surface area is 150 Å². The number of carbonyl (C=O) groups excluding carboxylic acids is 1. The number of rotatable bonds is 3. The molecule has 2 N–H and O–H groups in total. The molecule has 27 heavy (non-hydrogen) atoms. The average Bonchev–Trinajstić information content (AvgIpc) is 2.93. The standard InChI is InChI=1S/C20H12F4N2O/c21-11-4-5-17-13(7-11)19-12(20(25)27)2-1-3-18(19)26(17)9-10-6-15(23)16(24)8-14(10)22/h1-8H,9H2,(H2,25,27). The Morgan fingerprint density at radius 2 is 1.63 bits per heavy atom. The second-order valence-electron chi connectivity index (χ2n) is 6.17. The first kappa shape index (κ1) is 17.1. The number of primary amides is 1. The lowest BCUT2D eigenvalue weighted by Crippen LogP contribution is -2.11. The third-order valence-corrected chi connectivity index (χ3v) is 4.54. The molecular formula is C20H12F4N2O. The summed E-state index contributed by atoms with van der Waals surface area (Å²) in [6.07, 6.45) is 0. The summed E-state index contributed by atoms with van der Waals surface area (Å²) in [7, 11) is 0. The molecule has 7 heteroatoms. The molecule has 4 rings (SSSR count). The van der Waals surface area contributed by atoms with Gasteiger partial charge in [0.2, 0.25) is 5.91 Å². The second-order valence-corrected chi connectivity index (χ2v) is 6.17. The van der Waals surface area contributed by atoms with E-state index in [0.717, 1.165) is 6.07 Å². The maximum Gasteiger partial charge on any atom is 0.249 e. The van der Waals surface area contributed by atoms with Gasteiger partial charge in [0, 0.05) is 33.5 Å². The van der Waals surface area contributed by atoms with E-state index in [9.17, 15) is 22.4 Å². The molecule has 1 amide bonds. The van der Waals surface area contributed by atoms with Crippen LogP contribution in [0.3, 0.4) is 0 Å². The van der Waals surface area contributed by atoms with Crippen LogP contribution in [0.2, 0.25) is 0 Å². The summed E-state index contributed by atoms with van der Waals surface area (Å²) in [5, 5.41) is 0.838. The fourth-order valence-electron chi connectivity index (χ4n) is 3.35. The third kappa shape index (κ3) is 2.71. The Morgan fingerprint density at radius 3 is 2.37 bits per heavy atom. The van der Waals surface area contributed by atoms with Crippen molar-refractivity contribution in [1.29, 1.82) is 0 Å². The van der Waals surface area contributed by atoms with Gasteiger partial charge in [0.05, 0.1) is 12.1 Å². The molecule has 0 aliphatic carbocycles. The van der Waals surface area contributed by atoms with Gasteiger partial charge in [0.25, 0.3) is 0 Å². The number of fused-ring (bicyclic) bond motifs is 3. The zero-order valence-electron chi connectivity index (χ0n) is 13.8. The first-order valence-electron chi connectivity index (χ1n) is 8.00. The van der Waals surface area contributed by atoms with Gasteiger partial charge in [-0.05, 0) is 36.4 Å². The lowest BCUT2D eigenvalue weighted by Gasteiger charge is -2.10. The molecule has 3 nitrogen and oxygen atoms in total. The molecule has 0 atom stereocenters. The Bertz CT molecular complexity index is 1230. The van der Waals surface area contributed by atoms with Crippen molar-refractivity contribution in [2.24, 2.45) is 5.73 Å². The van der Waals surface area contributed by atoms with Crippen molar-refractivity contribution in [1.82, 2.24) is 4.57 Å². The van der Waals surface area contributed by atoms with Gasteiger partial charge in [-0.1, -0.05) is 6.07 Å². The number of amides is 1. The smallest absolute Gasteiger partial charge is 0.249 e.